The zero-order valence-electron chi connectivity index (χ0n) is 17.3. The molecule has 0 aliphatic carbocycles. The minimum Gasteiger partial charge on any atom is -0.444 e. The van der Waals surface area contributed by atoms with Gasteiger partial charge < -0.3 is 19.0 Å². The number of hydrogen-bond donors (Lipinski definition) is 0. The molecule has 3 aromatic rings. The van der Waals surface area contributed by atoms with Crippen molar-refractivity contribution in [3.63, 3.8) is 0 Å². The summed E-state index contributed by atoms with van der Waals surface area (Å²) in [5.41, 5.74) is 1.69. The van der Waals surface area contributed by atoms with E-state index in [2.05, 4.69) is 9.97 Å². The maximum absolute atomic E-state index is 12.9. The van der Waals surface area contributed by atoms with E-state index in [1.807, 2.05) is 45.0 Å². The van der Waals surface area contributed by atoms with Crippen molar-refractivity contribution in [2.24, 2.45) is 0 Å². The van der Waals surface area contributed by atoms with Gasteiger partial charge in [-0.2, -0.15) is 0 Å². The summed E-state index contributed by atoms with van der Waals surface area (Å²) < 4.78 is 11.2. The Labute approximate surface area is 174 Å². The molecule has 8 heteroatoms. The number of ether oxygens (including phenoxy) is 1. The molecule has 0 spiro atoms. The maximum atomic E-state index is 12.9. The molecule has 1 aromatic carbocycles. The van der Waals surface area contributed by atoms with Crippen LogP contribution < -0.4 is 0 Å². The number of carbonyl (C=O) groups is 2. The summed E-state index contributed by atoms with van der Waals surface area (Å²) in [5, 5.41) is 0. The molecule has 2 aromatic heterocycles. The van der Waals surface area contributed by atoms with Gasteiger partial charge in [-0.15, -0.1) is 0 Å². The van der Waals surface area contributed by atoms with E-state index in [1.54, 1.807) is 28.0 Å². The van der Waals surface area contributed by atoms with Crippen molar-refractivity contribution in [2.45, 2.75) is 26.4 Å². The summed E-state index contributed by atoms with van der Waals surface area (Å²) in [6.07, 6.45) is -0.356. The van der Waals surface area contributed by atoms with Gasteiger partial charge in [0, 0.05) is 26.2 Å². The Bertz CT molecular complexity index is 1040. The van der Waals surface area contributed by atoms with Crippen LogP contribution in [0.15, 0.2) is 46.9 Å². The molecule has 2 amide bonds. The first-order valence-corrected chi connectivity index (χ1v) is 9.90. The lowest BCUT2D eigenvalue weighted by Crippen LogP contribution is -2.51. The molecule has 30 heavy (non-hydrogen) atoms. The Balaban J connectivity index is 1.44. The fourth-order valence-corrected chi connectivity index (χ4v) is 3.24. The number of rotatable bonds is 2. The van der Waals surface area contributed by atoms with Gasteiger partial charge in [-0.3, -0.25) is 4.79 Å². The van der Waals surface area contributed by atoms with Crippen molar-refractivity contribution in [3.05, 3.63) is 48.2 Å². The average Bonchev–Trinajstić information content (AvgIpc) is 3.16. The van der Waals surface area contributed by atoms with Crippen LogP contribution in [0.4, 0.5) is 4.79 Å². The predicted molar refractivity (Wildman–Crippen MR) is 111 cm³/mol. The average molecular weight is 408 g/mol. The largest absolute Gasteiger partial charge is 0.444 e. The monoisotopic (exact) mass is 408 g/mol. The first-order chi connectivity index (χ1) is 14.3. The van der Waals surface area contributed by atoms with Crippen LogP contribution in [-0.4, -0.2) is 63.5 Å². The number of nitrogens with zero attached hydrogens (tertiary/aromatic N) is 4. The molecular weight excluding hydrogens is 384 g/mol. The minimum atomic E-state index is -0.543. The third kappa shape index (κ3) is 4.27. The van der Waals surface area contributed by atoms with Crippen molar-refractivity contribution in [1.82, 2.24) is 19.8 Å². The molecule has 0 N–H and O–H groups in total. The van der Waals surface area contributed by atoms with Gasteiger partial charge in [0.2, 0.25) is 5.89 Å². The van der Waals surface area contributed by atoms with E-state index in [0.29, 0.717) is 49.0 Å². The van der Waals surface area contributed by atoms with E-state index in [9.17, 15) is 9.59 Å². The number of piperazine rings is 1. The highest BCUT2D eigenvalue weighted by Gasteiger charge is 2.28. The van der Waals surface area contributed by atoms with Crippen LogP contribution >= 0.6 is 0 Å². The molecule has 3 heterocycles. The van der Waals surface area contributed by atoms with Crippen LogP contribution in [0.25, 0.3) is 22.7 Å². The van der Waals surface area contributed by atoms with E-state index in [0.717, 1.165) is 5.52 Å². The number of hydrogen-bond acceptors (Lipinski definition) is 6. The van der Waals surface area contributed by atoms with Gasteiger partial charge in [0.1, 0.15) is 22.5 Å². The topological polar surface area (TPSA) is 88.8 Å². The highest BCUT2D eigenvalue weighted by Crippen LogP contribution is 2.23. The molecule has 1 aliphatic rings. The highest BCUT2D eigenvalue weighted by atomic mass is 16.6. The van der Waals surface area contributed by atoms with Crippen LogP contribution in [0, 0.1) is 0 Å². The van der Waals surface area contributed by atoms with Gasteiger partial charge in [0.15, 0.2) is 5.58 Å². The Hall–Kier alpha value is -3.42. The standard InChI is InChI=1S/C22H24N4O4/c1-22(2,3)30-21(28)26-13-11-25(12-14-26)20(27)17-9-6-8-16(23-17)19-24-15-7-4-5-10-18(15)29-19/h4-10H,11-14H2,1-3H3. The van der Waals surface area contributed by atoms with Crippen LogP contribution in [-0.2, 0) is 4.74 Å². The zero-order valence-corrected chi connectivity index (χ0v) is 17.3. The lowest BCUT2D eigenvalue weighted by atomic mass is 10.2. The van der Waals surface area contributed by atoms with Crippen molar-refractivity contribution >= 4 is 23.1 Å². The Morgan fingerprint density at radius 1 is 0.933 bits per heavy atom. The normalized spacial score (nSPS) is 14.8. The van der Waals surface area contributed by atoms with Crippen LogP contribution in [0.5, 0.6) is 0 Å². The van der Waals surface area contributed by atoms with E-state index in [1.165, 1.54) is 0 Å². The number of aromatic nitrogens is 2. The number of carbonyl (C=O) groups excluding carboxylic acids is 2. The molecule has 0 atom stereocenters. The molecular formula is C22H24N4O4. The van der Waals surface area contributed by atoms with E-state index in [4.69, 9.17) is 9.15 Å². The molecule has 0 radical (unpaired) electrons. The Morgan fingerprint density at radius 3 is 2.33 bits per heavy atom. The number of pyridine rings is 1. The zero-order chi connectivity index (χ0) is 21.3. The molecule has 8 nitrogen and oxygen atoms in total. The number of amides is 2. The predicted octanol–water partition coefficient (Wildman–Crippen LogP) is 3.58. The first-order valence-electron chi connectivity index (χ1n) is 9.90. The second-order valence-electron chi connectivity index (χ2n) is 8.15. The van der Waals surface area contributed by atoms with Gasteiger partial charge in [-0.1, -0.05) is 18.2 Å². The van der Waals surface area contributed by atoms with E-state index in [-0.39, 0.29) is 12.0 Å². The first kappa shape index (κ1) is 19.9. The van der Waals surface area contributed by atoms with Crippen molar-refractivity contribution < 1.29 is 18.7 Å². The highest BCUT2D eigenvalue weighted by molar-refractivity contribution is 5.93. The van der Waals surface area contributed by atoms with Crippen LogP contribution in [0.1, 0.15) is 31.3 Å². The van der Waals surface area contributed by atoms with E-state index >= 15 is 0 Å². The summed E-state index contributed by atoms with van der Waals surface area (Å²) in [6, 6.07) is 12.7. The SMILES string of the molecule is CC(C)(C)OC(=O)N1CCN(C(=O)c2cccc(-c3nc4ccccc4o3)n2)CC1. The van der Waals surface area contributed by atoms with Crippen LogP contribution in [0.2, 0.25) is 0 Å². The summed E-state index contributed by atoms with van der Waals surface area (Å²) in [7, 11) is 0. The molecule has 0 bridgehead atoms. The van der Waals surface area contributed by atoms with Crippen molar-refractivity contribution in [3.8, 4) is 11.6 Å². The number of fused-ring (bicyclic) bond motifs is 1. The number of para-hydroxylation sites is 2. The van der Waals surface area contributed by atoms with E-state index < -0.39 is 5.60 Å². The van der Waals surface area contributed by atoms with Gasteiger partial charge in [-0.05, 0) is 45.0 Å². The minimum absolute atomic E-state index is 0.184. The Morgan fingerprint density at radius 2 is 1.63 bits per heavy atom. The van der Waals surface area contributed by atoms with Gasteiger partial charge >= 0.3 is 6.09 Å². The quantitative estimate of drug-likeness (QED) is 0.644. The van der Waals surface area contributed by atoms with Gasteiger partial charge in [0.05, 0.1) is 0 Å². The molecule has 1 saturated heterocycles. The van der Waals surface area contributed by atoms with Gasteiger partial charge in [0.25, 0.3) is 5.91 Å². The lowest BCUT2D eigenvalue weighted by molar-refractivity contribution is 0.0140. The number of oxazole rings is 1. The summed E-state index contributed by atoms with van der Waals surface area (Å²) in [6.45, 7) is 7.19. The maximum Gasteiger partial charge on any atom is 0.410 e. The molecule has 0 saturated carbocycles. The Kier molecular flexibility index (Phi) is 5.15. The van der Waals surface area contributed by atoms with Crippen LogP contribution in [0.3, 0.4) is 0 Å². The molecule has 156 valence electrons. The fourth-order valence-electron chi connectivity index (χ4n) is 3.24. The summed E-state index contributed by atoms with van der Waals surface area (Å²) in [5.74, 6) is 0.192. The van der Waals surface area contributed by atoms with Gasteiger partial charge in [-0.25, -0.2) is 14.8 Å². The molecule has 1 aliphatic heterocycles. The number of benzene rings is 1. The fraction of sp³-hybridized carbons (Fsp3) is 0.364. The summed E-state index contributed by atoms with van der Waals surface area (Å²) in [4.78, 5) is 37.4. The molecule has 1 fully saturated rings. The summed E-state index contributed by atoms with van der Waals surface area (Å²) >= 11 is 0. The third-order valence-electron chi connectivity index (χ3n) is 4.70. The smallest absolute Gasteiger partial charge is 0.410 e. The molecule has 0 unspecified atom stereocenters. The second kappa shape index (κ2) is 7.78. The van der Waals surface area contributed by atoms with Crippen molar-refractivity contribution in [1.29, 1.82) is 0 Å². The second-order valence-corrected chi connectivity index (χ2v) is 8.15. The van der Waals surface area contributed by atoms with Crippen molar-refractivity contribution in [2.75, 3.05) is 26.2 Å². The molecule has 4 rings (SSSR count). The lowest BCUT2D eigenvalue weighted by Gasteiger charge is -2.35. The third-order valence-corrected chi connectivity index (χ3v) is 4.70.